The third-order valence-electron chi connectivity index (χ3n) is 3.06. The lowest BCUT2D eigenvalue weighted by molar-refractivity contribution is 0.123. The first-order valence-corrected chi connectivity index (χ1v) is 6.76. The summed E-state index contributed by atoms with van der Waals surface area (Å²) in [6, 6.07) is 0.255. The molecule has 0 aliphatic rings. The van der Waals surface area contributed by atoms with Crippen molar-refractivity contribution in [2.24, 2.45) is 5.92 Å². The Morgan fingerprint density at radius 1 is 1.22 bits per heavy atom. The maximum absolute atomic E-state index is 5.57. The summed E-state index contributed by atoms with van der Waals surface area (Å²) in [6.45, 7) is 12.9. The van der Waals surface area contributed by atoms with Crippen molar-refractivity contribution in [3.05, 3.63) is 17.0 Å². The van der Waals surface area contributed by atoms with Gasteiger partial charge in [0.2, 0.25) is 0 Å². The molecule has 1 aromatic heterocycles. The second kappa shape index (κ2) is 7.54. The second-order valence-corrected chi connectivity index (χ2v) is 5.21. The van der Waals surface area contributed by atoms with E-state index in [0.717, 1.165) is 43.2 Å². The summed E-state index contributed by atoms with van der Waals surface area (Å²) in [5.41, 5.74) is 2.13. The van der Waals surface area contributed by atoms with Crippen molar-refractivity contribution in [3.8, 4) is 0 Å². The SMILES string of the molecule is Cc1noc(C)c1C(C)NCCOCCC(C)C. The van der Waals surface area contributed by atoms with Crippen molar-refractivity contribution in [1.82, 2.24) is 10.5 Å². The average Bonchev–Trinajstić information content (AvgIpc) is 2.63. The highest BCUT2D eigenvalue weighted by molar-refractivity contribution is 5.24. The standard InChI is InChI=1S/C14H26N2O2/c1-10(2)6-8-17-9-7-15-11(3)14-12(4)16-18-13(14)5/h10-11,15H,6-9H2,1-5H3. The van der Waals surface area contributed by atoms with Gasteiger partial charge >= 0.3 is 0 Å². The molecule has 18 heavy (non-hydrogen) atoms. The molecule has 1 aromatic rings. The van der Waals surface area contributed by atoms with E-state index in [2.05, 4.69) is 31.2 Å². The van der Waals surface area contributed by atoms with Crippen LogP contribution < -0.4 is 5.32 Å². The Balaban J connectivity index is 2.20. The minimum absolute atomic E-state index is 0.255. The van der Waals surface area contributed by atoms with Crippen molar-refractivity contribution >= 4 is 0 Å². The van der Waals surface area contributed by atoms with Crippen molar-refractivity contribution in [3.63, 3.8) is 0 Å². The number of ether oxygens (including phenoxy) is 1. The van der Waals surface area contributed by atoms with E-state index in [9.17, 15) is 0 Å². The number of hydrogen-bond donors (Lipinski definition) is 1. The highest BCUT2D eigenvalue weighted by Crippen LogP contribution is 2.20. The Morgan fingerprint density at radius 3 is 2.50 bits per heavy atom. The van der Waals surface area contributed by atoms with E-state index in [4.69, 9.17) is 9.26 Å². The Morgan fingerprint density at radius 2 is 1.94 bits per heavy atom. The van der Waals surface area contributed by atoms with Gasteiger partial charge in [-0.15, -0.1) is 0 Å². The van der Waals surface area contributed by atoms with E-state index < -0.39 is 0 Å². The van der Waals surface area contributed by atoms with Crippen LogP contribution in [0.4, 0.5) is 0 Å². The van der Waals surface area contributed by atoms with E-state index in [-0.39, 0.29) is 6.04 Å². The molecule has 1 N–H and O–H groups in total. The third-order valence-corrected chi connectivity index (χ3v) is 3.06. The smallest absolute Gasteiger partial charge is 0.138 e. The molecule has 1 heterocycles. The maximum atomic E-state index is 5.57. The molecule has 1 atom stereocenters. The van der Waals surface area contributed by atoms with Gasteiger partial charge in [0.1, 0.15) is 5.76 Å². The molecule has 0 radical (unpaired) electrons. The highest BCUT2D eigenvalue weighted by atomic mass is 16.5. The summed E-state index contributed by atoms with van der Waals surface area (Å²) < 4.78 is 10.7. The van der Waals surface area contributed by atoms with Crippen molar-refractivity contribution in [2.75, 3.05) is 19.8 Å². The van der Waals surface area contributed by atoms with Crippen LogP contribution in [0.1, 0.15) is 50.3 Å². The number of nitrogens with zero attached hydrogens (tertiary/aromatic N) is 1. The molecule has 104 valence electrons. The predicted molar refractivity (Wildman–Crippen MR) is 72.7 cm³/mol. The molecule has 4 nitrogen and oxygen atoms in total. The van der Waals surface area contributed by atoms with Crippen LogP contribution in [0.5, 0.6) is 0 Å². The highest BCUT2D eigenvalue weighted by Gasteiger charge is 2.15. The minimum atomic E-state index is 0.255. The zero-order valence-corrected chi connectivity index (χ0v) is 12.2. The van der Waals surface area contributed by atoms with Crippen LogP contribution in [0.3, 0.4) is 0 Å². The van der Waals surface area contributed by atoms with E-state index >= 15 is 0 Å². The van der Waals surface area contributed by atoms with E-state index in [1.807, 2.05) is 13.8 Å². The lowest BCUT2D eigenvalue weighted by Crippen LogP contribution is -2.24. The Kier molecular flexibility index (Phi) is 6.36. The summed E-state index contributed by atoms with van der Waals surface area (Å²) in [4.78, 5) is 0. The molecule has 4 heteroatoms. The van der Waals surface area contributed by atoms with Gasteiger partial charge in [0.05, 0.1) is 12.3 Å². The lowest BCUT2D eigenvalue weighted by Gasteiger charge is -2.14. The van der Waals surface area contributed by atoms with Crippen LogP contribution >= 0.6 is 0 Å². The monoisotopic (exact) mass is 254 g/mol. The molecule has 1 unspecified atom stereocenters. The van der Waals surface area contributed by atoms with Gasteiger partial charge in [-0.3, -0.25) is 0 Å². The molecule has 0 aliphatic heterocycles. The molecule has 0 saturated carbocycles. The van der Waals surface area contributed by atoms with Crippen LogP contribution in [0.15, 0.2) is 4.52 Å². The summed E-state index contributed by atoms with van der Waals surface area (Å²) in [5, 5.41) is 7.40. The van der Waals surface area contributed by atoms with Crippen LogP contribution in [0, 0.1) is 19.8 Å². The molecule has 0 aromatic carbocycles. The van der Waals surface area contributed by atoms with Gasteiger partial charge in [0.15, 0.2) is 0 Å². The molecule has 0 aliphatic carbocycles. The van der Waals surface area contributed by atoms with Crippen LogP contribution in [-0.4, -0.2) is 24.9 Å². The number of aryl methyl sites for hydroxylation is 2. The second-order valence-electron chi connectivity index (χ2n) is 5.21. The van der Waals surface area contributed by atoms with E-state index in [0.29, 0.717) is 5.92 Å². The fraction of sp³-hybridized carbons (Fsp3) is 0.786. The van der Waals surface area contributed by atoms with E-state index in [1.54, 1.807) is 0 Å². The number of rotatable bonds is 8. The third kappa shape index (κ3) is 4.78. The molecule has 0 spiro atoms. The van der Waals surface area contributed by atoms with Gasteiger partial charge < -0.3 is 14.6 Å². The van der Waals surface area contributed by atoms with E-state index in [1.165, 1.54) is 0 Å². The van der Waals surface area contributed by atoms with Crippen LogP contribution in [0.2, 0.25) is 0 Å². The Bertz CT molecular complexity index is 328. The first-order chi connectivity index (χ1) is 8.52. The summed E-state index contributed by atoms with van der Waals surface area (Å²) in [5.74, 6) is 1.60. The molecule has 1 rings (SSSR count). The van der Waals surface area contributed by atoms with Gasteiger partial charge in [0.25, 0.3) is 0 Å². The molecule has 0 bridgehead atoms. The molecule has 0 saturated heterocycles. The quantitative estimate of drug-likeness (QED) is 0.724. The van der Waals surface area contributed by atoms with Gasteiger partial charge in [-0.05, 0) is 33.1 Å². The largest absolute Gasteiger partial charge is 0.380 e. The maximum Gasteiger partial charge on any atom is 0.138 e. The zero-order valence-electron chi connectivity index (χ0n) is 12.2. The molecular weight excluding hydrogens is 228 g/mol. The van der Waals surface area contributed by atoms with Crippen molar-refractivity contribution in [2.45, 2.75) is 47.1 Å². The fourth-order valence-corrected chi connectivity index (χ4v) is 1.98. The number of aromatic nitrogens is 1. The normalized spacial score (nSPS) is 13.2. The average molecular weight is 254 g/mol. The summed E-state index contributed by atoms with van der Waals surface area (Å²) in [6.07, 6.45) is 1.12. The van der Waals surface area contributed by atoms with Crippen LogP contribution in [-0.2, 0) is 4.74 Å². The first-order valence-electron chi connectivity index (χ1n) is 6.76. The molecule has 0 fully saturated rings. The zero-order chi connectivity index (χ0) is 13.5. The van der Waals surface area contributed by atoms with Crippen molar-refractivity contribution < 1.29 is 9.26 Å². The molecular formula is C14H26N2O2. The predicted octanol–water partition coefficient (Wildman–Crippen LogP) is 3.00. The van der Waals surface area contributed by atoms with Crippen molar-refractivity contribution in [1.29, 1.82) is 0 Å². The van der Waals surface area contributed by atoms with Crippen LogP contribution in [0.25, 0.3) is 0 Å². The Hall–Kier alpha value is -0.870. The summed E-state index contributed by atoms with van der Waals surface area (Å²) >= 11 is 0. The minimum Gasteiger partial charge on any atom is -0.380 e. The fourth-order valence-electron chi connectivity index (χ4n) is 1.98. The number of hydrogen-bond acceptors (Lipinski definition) is 4. The number of nitrogens with one attached hydrogen (secondary N) is 1. The van der Waals surface area contributed by atoms with Gasteiger partial charge in [0, 0.05) is 24.8 Å². The van der Waals surface area contributed by atoms with Gasteiger partial charge in [-0.1, -0.05) is 19.0 Å². The lowest BCUT2D eigenvalue weighted by atomic mass is 10.1. The van der Waals surface area contributed by atoms with Gasteiger partial charge in [-0.2, -0.15) is 0 Å². The molecule has 0 amide bonds. The van der Waals surface area contributed by atoms with Gasteiger partial charge in [-0.25, -0.2) is 0 Å². The topological polar surface area (TPSA) is 47.3 Å². The first kappa shape index (κ1) is 15.2. The summed E-state index contributed by atoms with van der Waals surface area (Å²) in [7, 11) is 0. The Labute approximate surface area is 110 Å².